The van der Waals surface area contributed by atoms with Crippen LogP contribution in [0.5, 0.6) is 0 Å². The van der Waals surface area contributed by atoms with Gasteiger partial charge in [-0.3, -0.25) is 0 Å². The van der Waals surface area contributed by atoms with Gasteiger partial charge in [0.05, 0.1) is 12.2 Å². The van der Waals surface area contributed by atoms with E-state index in [0.29, 0.717) is 11.3 Å². The zero-order valence-electron chi connectivity index (χ0n) is 17.2. The molecule has 2 aliphatic heterocycles. The van der Waals surface area contributed by atoms with Crippen LogP contribution in [-0.4, -0.2) is 29.3 Å². The van der Waals surface area contributed by atoms with Gasteiger partial charge in [-0.25, -0.2) is 0 Å². The lowest BCUT2D eigenvalue weighted by molar-refractivity contribution is -0.147. The molecule has 0 spiro atoms. The van der Waals surface area contributed by atoms with E-state index >= 15 is 0 Å². The predicted octanol–water partition coefficient (Wildman–Crippen LogP) is 6.07. The zero-order valence-corrected chi connectivity index (χ0v) is 18.1. The second-order valence-corrected chi connectivity index (χ2v) is 11.5. The van der Waals surface area contributed by atoms with Crippen LogP contribution >= 0.6 is 7.92 Å². The van der Waals surface area contributed by atoms with Crippen molar-refractivity contribution in [2.45, 2.75) is 62.4 Å². The minimum Gasteiger partial charge on any atom is -0.344 e. The summed E-state index contributed by atoms with van der Waals surface area (Å²) < 4.78 is 13.1. The van der Waals surface area contributed by atoms with Gasteiger partial charge in [0.15, 0.2) is 5.79 Å². The highest BCUT2D eigenvalue weighted by atomic mass is 31.1. The van der Waals surface area contributed by atoms with Crippen LogP contribution in [0.15, 0.2) is 84.2 Å². The highest BCUT2D eigenvalue weighted by Gasteiger charge is 2.58. The van der Waals surface area contributed by atoms with Crippen molar-refractivity contribution in [3.8, 4) is 0 Å². The summed E-state index contributed by atoms with van der Waals surface area (Å²) in [5.74, 6) is -0.497. The Morgan fingerprint density at radius 3 is 1.79 bits per heavy atom. The van der Waals surface area contributed by atoms with Gasteiger partial charge >= 0.3 is 0 Å². The average Bonchev–Trinajstić information content (AvgIpc) is 3.40. The number of hydrogen-bond acceptors (Lipinski definition) is 2. The Morgan fingerprint density at radius 2 is 1.34 bits per heavy atom. The minimum absolute atomic E-state index is 0.173. The third-order valence-electron chi connectivity index (χ3n) is 6.30. The number of rotatable bonds is 5. The van der Waals surface area contributed by atoms with Crippen molar-refractivity contribution in [3.05, 3.63) is 95.3 Å². The monoisotopic (exact) mass is 404 g/mol. The molecule has 3 aliphatic rings. The molecule has 29 heavy (non-hydrogen) atoms. The quantitative estimate of drug-likeness (QED) is 0.563. The highest BCUT2D eigenvalue weighted by Crippen LogP contribution is 2.67. The van der Waals surface area contributed by atoms with Crippen LogP contribution in [0.3, 0.4) is 0 Å². The highest BCUT2D eigenvalue weighted by molar-refractivity contribution is 7.64. The van der Waals surface area contributed by atoms with Gasteiger partial charge in [-0.15, -0.1) is 0 Å². The Kier molecular flexibility index (Phi) is 5.20. The van der Waals surface area contributed by atoms with Crippen molar-refractivity contribution < 1.29 is 9.47 Å². The van der Waals surface area contributed by atoms with Gasteiger partial charge in [-0.2, -0.15) is 0 Å². The first-order valence-corrected chi connectivity index (χ1v) is 12.2. The number of fused-ring (bicyclic) bond motifs is 1. The van der Waals surface area contributed by atoms with Crippen molar-refractivity contribution in [3.63, 3.8) is 0 Å². The van der Waals surface area contributed by atoms with Crippen LogP contribution in [0, 0.1) is 0 Å². The molecule has 2 heterocycles. The zero-order chi connectivity index (χ0) is 19.8. The van der Waals surface area contributed by atoms with Crippen LogP contribution in [-0.2, 0) is 22.3 Å². The molecule has 0 radical (unpaired) electrons. The molecule has 5 rings (SSSR count). The van der Waals surface area contributed by atoms with E-state index < -0.39 is 5.79 Å². The predicted molar refractivity (Wildman–Crippen MR) is 120 cm³/mol. The Bertz CT molecular complexity index is 843. The standard InChI is InChI=1S/C26H29O2P/c1-26(2)27-24-22(17-19-11-5-3-6-12-19)29(21-15-9-10-16-21)23(25(24)28-26)18-20-13-7-4-8-14-20/h3-15,22-25H,16-18H2,1-2H3/t22-,23-,24+,25+/m0/s1. The molecule has 3 heteroatoms. The second kappa shape index (κ2) is 7.84. The molecule has 0 aromatic heterocycles. The molecule has 2 aromatic rings. The van der Waals surface area contributed by atoms with Crippen molar-refractivity contribution in [1.82, 2.24) is 0 Å². The summed E-state index contributed by atoms with van der Waals surface area (Å²) in [5.41, 5.74) is 3.81. The van der Waals surface area contributed by atoms with Gasteiger partial charge in [-0.05, 0) is 49.6 Å². The molecule has 1 aliphatic carbocycles. The lowest BCUT2D eigenvalue weighted by Gasteiger charge is -2.32. The van der Waals surface area contributed by atoms with E-state index in [0.717, 1.165) is 19.3 Å². The van der Waals surface area contributed by atoms with Crippen LogP contribution in [0.4, 0.5) is 0 Å². The van der Waals surface area contributed by atoms with Crippen LogP contribution in [0.1, 0.15) is 31.4 Å². The Hall–Kier alpha value is -1.73. The number of allylic oxidation sites excluding steroid dienone is 4. The first-order chi connectivity index (χ1) is 14.1. The Labute approximate surface area is 175 Å². The average molecular weight is 404 g/mol. The van der Waals surface area contributed by atoms with Crippen molar-refractivity contribution >= 4 is 7.92 Å². The molecule has 0 amide bonds. The first kappa shape index (κ1) is 19.2. The van der Waals surface area contributed by atoms with Crippen LogP contribution in [0.2, 0.25) is 0 Å². The lowest BCUT2D eigenvalue weighted by atomic mass is 9.99. The second-order valence-electron chi connectivity index (χ2n) is 8.78. The third-order valence-corrected chi connectivity index (χ3v) is 9.67. The Morgan fingerprint density at radius 1 is 0.828 bits per heavy atom. The molecule has 2 nitrogen and oxygen atoms in total. The molecule has 2 saturated heterocycles. The fraction of sp³-hybridized carbons (Fsp3) is 0.385. The molecule has 4 atom stereocenters. The van der Waals surface area contributed by atoms with Crippen LogP contribution in [0.25, 0.3) is 0 Å². The normalized spacial score (nSPS) is 32.3. The van der Waals surface area contributed by atoms with Gasteiger partial charge in [-0.1, -0.05) is 86.8 Å². The molecule has 2 fully saturated rings. The summed E-state index contributed by atoms with van der Waals surface area (Å²) in [6, 6.07) is 21.8. The molecule has 0 N–H and O–H groups in total. The summed E-state index contributed by atoms with van der Waals surface area (Å²) in [6.07, 6.45) is 10.5. The van der Waals surface area contributed by atoms with Crippen molar-refractivity contribution in [2.24, 2.45) is 0 Å². The van der Waals surface area contributed by atoms with E-state index in [1.165, 1.54) is 11.1 Å². The topological polar surface area (TPSA) is 18.5 Å². The summed E-state index contributed by atoms with van der Waals surface area (Å²) in [7, 11) is -0.347. The molecular weight excluding hydrogens is 375 g/mol. The molecule has 0 saturated carbocycles. The Balaban J connectivity index is 1.52. The number of benzene rings is 2. The largest absolute Gasteiger partial charge is 0.344 e. The van der Waals surface area contributed by atoms with Gasteiger partial charge in [0.25, 0.3) is 0 Å². The maximum absolute atomic E-state index is 6.56. The van der Waals surface area contributed by atoms with E-state index in [2.05, 4.69) is 92.7 Å². The summed E-state index contributed by atoms with van der Waals surface area (Å²) in [5, 5.41) is 1.61. The van der Waals surface area contributed by atoms with E-state index in [4.69, 9.17) is 9.47 Å². The van der Waals surface area contributed by atoms with Crippen molar-refractivity contribution in [2.75, 3.05) is 0 Å². The smallest absolute Gasteiger partial charge is 0.163 e. The van der Waals surface area contributed by atoms with Gasteiger partial charge in [0.2, 0.25) is 0 Å². The van der Waals surface area contributed by atoms with E-state index in [1.54, 1.807) is 5.31 Å². The van der Waals surface area contributed by atoms with E-state index in [1.807, 2.05) is 0 Å². The lowest BCUT2D eigenvalue weighted by Crippen LogP contribution is -2.31. The molecule has 0 unspecified atom stereocenters. The molecule has 150 valence electrons. The summed E-state index contributed by atoms with van der Waals surface area (Å²) in [4.78, 5) is 0. The van der Waals surface area contributed by atoms with Crippen LogP contribution < -0.4 is 0 Å². The molecular formula is C26H29O2P. The fourth-order valence-electron chi connectivity index (χ4n) is 5.17. The van der Waals surface area contributed by atoms with Gasteiger partial charge in [0.1, 0.15) is 0 Å². The SMILES string of the molecule is CC1(C)O[C@H]2[C@H](O1)[C@H](Cc1ccccc1)P(C1=CC=CC1)[C@H]2Cc1ccccc1. The summed E-state index contributed by atoms with van der Waals surface area (Å²) in [6.45, 7) is 4.15. The van der Waals surface area contributed by atoms with E-state index in [-0.39, 0.29) is 20.1 Å². The minimum atomic E-state index is -0.497. The van der Waals surface area contributed by atoms with Gasteiger partial charge < -0.3 is 9.47 Å². The molecule has 0 bridgehead atoms. The third kappa shape index (κ3) is 3.87. The molecule has 2 aromatic carbocycles. The summed E-state index contributed by atoms with van der Waals surface area (Å²) >= 11 is 0. The maximum Gasteiger partial charge on any atom is 0.163 e. The van der Waals surface area contributed by atoms with Crippen molar-refractivity contribution in [1.29, 1.82) is 0 Å². The van der Waals surface area contributed by atoms with Gasteiger partial charge in [0, 0.05) is 11.3 Å². The number of hydrogen-bond donors (Lipinski definition) is 0. The van der Waals surface area contributed by atoms with E-state index in [9.17, 15) is 0 Å². The first-order valence-electron chi connectivity index (χ1n) is 10.7. The number of ether oxygens (including phenoxy) is 2. The fourth-order valence-corrected chi connectivity index (χ4v) is 9.00. The maximum atomic E-state index is 6.56.